The Hall–Kier alpha value is -1.06. The maximum Gasteiger partial charge on any atom is 0.305 e. The first-order valence-corrected chi connectivity index (χ1v) is 12.0. The van der Waals surface area contributed by atoms with Crippen LogP contribution in [0.25, 0.3) is 0 Å². The fourth-order valence-corrected chi connectivity index (χ4v) is 3.85. The number of hydrogen-bond acceptors (Lipinski definition) is 4. The van der Waals surface area contributed by atoms with Crippen molar-refractivity contribution in [2.24, 2.45) is 5.92 Å². The van der Waals surface area contributed by atoms with Crippen LogP contribution in [0, 0.1) is 5.92 Å². The van der Waals surface area contributed by atoms with Crippen LogP contribution in [0.1, 0.15) is 122 Å². The number of hydrogen-bond donors (Lipinski definition) is 0. The first-order valence-electron chi connectivity index (χ1n) is 12.0. The first kappa shape index (κ1) is 25.0. The monoisotopic (exact) mass is 396 g/mol. The van der Waals surface area contributed by atoms with Gasteiger partial charge < -0.3 is 9.47 Å². The second kappa shape index (κ2) is 18.0. The minimum absolute atomic E-state index is 0.120. The lowest BCUT2D eigenvalue weighted by molar-refractivity contribution is -0.146. The Morgan fingerprint density at radius 1 is 0.679 bits per heavy atom. The number of ether oxygens (including phenoxy) is 2. The summed E-state index contributed by atoms with van der Waals surface area (Å²) in [5.41, 5.74) is 0. The van der Waals surface area contributed by atoms with E-state index in [2.05, 4.69) is 6.92 Å². The third kappa shape index (κ3) is 14.9. The van der Waals surface area contributed by atoms with E-state index in [1.807, 2.05) is 0 Å². The van der Waals surface area contributed by atoms with Crippen LogP contribution < -0.4 is 0 Å². The highest BCUT2D eigenvalue weighted by atomic mass is 16.5. The highest BCUT2D eigenvalue weighted by Crippen LogP contribution is 2.24. The molecule has 4 nitrogen and oxygen atoms in total. The zero-order valence-electron chi connectivity index (χ0n) is 18.4. The van der Waals surface area contributed by atoms with E-state index < -0.39 is 0 Å². The van der Waals surface area contributed by atoms with Crippen LogP contribution in [-0.2, 0) is 19.1 Å². The molecule has 164 valence electrons. The lowest BCUT2D eigenvalue weighted by Crippen LogP contribution is -2.12. The maximum absolute atomic E-state index is 11.7. The summed E-state index contributed by atoms with van der Waals surface area (Å²) in [5.74, 6) is 0.325. The summed E-state index contributed by atoms with van der Waals surface area (Å²) in [6.07, 6.45) is 20.0. The van der Waals surface area contributed by atoms with Gasteiger partial charge in [0.15, 0.2) is 0 Å². The molecule has 0 heterocycles. The average molecular weight is 397 g/mol. The van der Waals surface area contributed by atoms with Gasteiger partial charge in [0.05, 0.1) is 13.2 Å². The molecule has 0 aromatic carbocycles. The molecule has 0 unspecified atom stereocenters. The Labute approximate surface area is 173 Å². The van der Waals surface area contributed by atoms with Crippen LogP contribution in [-0.4, -0.2) is 25.2 Å². The van der Waals surface area contributed by atoms with Crippen molar-refractivity contribution >= 4 is 11.9 Å². The zero-order chi connectivity index (χ0) is 20.3. The van der Waals surface area contributed by atoms with E-state index in [9.17, 15) is 9.59 Å². The van der Waals surface area contributed by atoms with Gasteiger partial charge in [0.2, 0.25) is 0 Å². The van der Waals surface area contributed by atoms with Crippen LogP contribution in [0.2, 0.25) is 0 Å². The molecule has 0 aromatic heterocycles. The van der Waals surface area contributed by atoms with Crippen LogP contribution in [0.15, 0.2) is 0 Å². The van der Waals surface area contributed by atoms with E-state index >= 15 is 0 Å². The van der Waals surface area contributed by atoms with Gasteiger partial charge in [0, 0.05) is 12.8 Å². The van der Waals surface area contributed by atoms with Gasteiger partial charge in [0.25, 0.3) is 0 Å². The Bertz CT molecular complexity index is 388. The van der Waals surface area contributed by atoms with E-state index in [0.29, 0.717) is 44.8 Å². The molecule has 0 atom stereocenters. The highest BCUT2D eigenvalue weighted by molar-refractivity contribution is 5.70. The minimum Gasteiger partial charge on any atom is -0.466 e. The minimum atomic E-state index is -0.129. The quantitative estimate of drug-likeness (QED) is 0.190. The van der Waals surface area contributed by atoms with Crippen molar-refractivity contribution in [3.05, 3.63) is 0 Å². The van der Waals surface area contributed by atoms with E-state index in [1.165, 1.54) is 77.0 Å². The van der Waals surface area contributed by atoms with Gasteiger partial charge in [-0.2, -0.15) is 0 Å². The number of esters is 2. The summed E-state index contributed by atoms with van der Waals surface area (Å²) in [6.45, 7) is 3.37. The summed E-state index contributed by atoms with van der Waals surface area (Å²) in [6, 6.07) is 0. The standard InChI is InChI=1S/C24H44O4/c1-2-3-4-5-6-7-8-9-10-15-20-27-23(25)18-13-14-19-24(26)28-21-22-16-11-12-17-22/h22H,2-21H2,1H3. The first-order chi connectivity index (χ1) is 13.7. The fourth-order valence-electron chi connectivity index (χ4n) is 3.85. The lowest BCUT2D eigenvalue weighted by Gasteiger charge is -2.09. The number of carbonyl (C=O) groups excluding carboxylic acids is 2. The molecule has 4 heteroatoms. The van der Waals surface area contributed by atoms with Gasteiger partial charge in [-0.15, -0.1) is 0 Å². The molecule has 0 amide bonds. The normalized spacial score (nSPS) is 14.3. The van der Waals surface area contributed by atoms with E-state index in [0.717, 1.165) is 12.8 Å². The Balaban J connectivity index is 1.79. The van der Waals surface area contributed by atoms with Gasteiger partial charge in [-0.1, -0.05) is 77.6 Å². The molecule has 1 fully saturated rings. The highest BCUT2D eigenvalue weighted by Gasteiger charge is 2.16. The summed E-state index contributed by atoms with van der Waals surface area (Å²) < 4.78 is 10.6. The van der Waals surface area contributed by atoms with E-state index in [1.54, 1.807) is 0 Å². The third-order valence-corrected chi connectivity index (χ3v) is 5.73. The van der Waals surface area contributed by atoms with Crippen LogP contribution >= 0.6 is 0 Å². The van der Waals surface area contributed by atoms with Crippen molar-refractivity contribution in [3.63, 3.8) is 0 Å². The molecule has 0 aromatic rings. The molecule has 0 spiro atoms. The number of carbonyl (C=O) groups is 2. The van der Waals surface area contributed by atoms with Gasteiger partial charge in [0.1, 0.15) is 0 Å². The van der Waals surface area contributed by atoms with Crippen molar-refractivity contribution in [3.8, 4) is 0 Å². The summed E-state index contributed by atoms with van der Waals surface area (Å²) in [5, 5.41) is 0. The smallest absolute Gasteiger partial charge is 0.305 e. The van der Waals surface area contributed by atoms with Gasteiger partial charge in [-0.05, 0) is 38.0 Å². The zero-order valence-corrected chi connectivity index (χ0v) is 18.4. The second-order valence-electron chi connectivity index (χ2n) is 8.44. The molecule has 0 bridgehead atoms. The van der Waals surface area contributed by atoms with E-state index in [-0.39, 0.29) is 11.9 Å². The molecule has 0 saturated heterocycles. The Morgan fingerprint density at radius 3 is 1.75 bits per heavy atom. The molecule has 0 N–H and O–H groups in total. The second-order valence-corrected chi connectivity index (χ2v) is 8.44. The molecule has 0 aliphatic heterocycles. The molecule has 1 rings (SSSR count). The molecule has 28 heavy (non-hydrogen) atoms. The Morgan fingerprint density at radius 2 is 1.18 bits per heavy atom. The van der Waals surface area contributed by atoms with Crippen molar-refractivity contribution in [2.45, 2.75) is 122 Å². The molecule has 1 aliphatic carbocycles. The molecule has 0 radical (unpaired) electrons. The van der Waals surface area contributed by atoms with Crippen molar-refractivity contribution < 1.29 is 19.1 Å². The summed E-state index contributed by atoms with van der Waals surface area (Å²) in [4.78, 5) is 23.4. The number of unbranched alkanes of at least 4 members (excludes halogenated alkanes) is 10. The van der Waals surface area contributed by atoms with Crippen LogP contribution in [0.5, 0.6) is 0 Å². The summed E-state index contributed by atoms with van der Waals surface area (Å²) >= 11 is 0. The Kier molecular flexibility index (Phi) is 16.1. The van der Waals surface area contributed by atoms with Gasteiger partial charge in [-0.25, -0.2) is 0 Å². The predicted octanol–water partition coefficient (Wildman–Crippen LogP) is 6.74. The lowest BCUT2D eigenvalue weighted by atomic mass is 10.1. The van der Waals surface area contributed by atoms with Gasteiger partial charge >= 0.3 is 11.9 Å². The largest absolute Gasteiger partial charge is 0.466 e. The van der Waals surface area contributed by atoms with Crippen LogP contribution in [0.4, 0.5) is 0 Å². The third-order valence-electron chi connectivity index (χ3n) is 5.73. The maximum atomic E-state index is 11.7. The predicted molar refractivity (Wildman–Crippen MR) is 114 cm³/mol. The van der Waals surface area contributed by atoms with Crippen molar-refractivity contribution in [1.82, 2.24) is 0 Å². The fraction of sp³-hybridized carbons (Fsp3) is 0.917. The molecule has 1 saturated carbocycles. The molecular formula is C24H44O4. The topological polar surface area (TPSA) is 52.6 Å². The van der Waals surface area contributed by atoms with Crippen molar-refractivity contribution in [1.29, 1.82) is 0 Å². The molecule has 1 aliphatic rings. The average Bonchev–Trinajstić information content (AvgIpc) is 3.21. The molecular weight excluding hydrogens is 352 g/mol. The number of rotatable bonds is 18. The van der Waals surface area contributed by atoms with Crippen molar-refractivity contribution in [2.75, 3.05) is 13.2 Å². The van der Waals surface area contributed by atoms with Gasteiger partial charge in [-0.3, -0.25) is 9.59 Å². The SMILES string of the molecule is CCCCCCCCCCCCOC(=O)CCCCC(=O)OCC1CCCC1. The summed E-state index contributed by atoms with van der Waals surface area (Å²) in [7, 11) is 0. The van der Waals surface area contributed by atoms with Crippen LogP contribution in [0.3, 0.4) is 0 Å². The van der Waals surface area contributed by atoms with E-state index in [4.69, 9.17) is 9.47 Å².